The Morgan fingerprint density at radius 2 is 1.87 bits per heavy atom. The Balaban J connectivity index is 0.00000272. The minimum atomic E-state index is -4.37. The maximum absolute atomic E-state index is 14.3. The molecule has 0 N–H and O–H groups in total. The molecule has 0 saturated carbocycles. The maximum atomic E-state index is 14.3. The first-order valence-electron chi connectivity index (χ1n) is 8.95. The fourth-order valence-electron chi connectivity index (χ4n) is 3.08. The number of rotatable bonds is 4. The number of sulfonamides is 1. The molecule has 0 aliphatic heterocycles. The van der Waals surface area contributed by atoms with Crippen molar-refractivity contribution in [3.8, 4) is 0 Å². The van der Waals surface area contributed by atoms with Crippen LogP contribution < -0.4 is 34.5 Å². The first-order valence-corrected chi connectivity index (χ1v) is 10.4. The molecule has 154 valence electrons. The van der Waals surface area contributed by atoms with Crippen molar-refractivity contribution in [2.24, 2.45) is 0 Å². The quantitative estimate of drug-likeness (QED) is 0.437. The number of anilines is 1. The van der Waals surface area contributed by atoms with Crippen LogP contribution in [0.4, 0.5) is 10.1 Å². The summed E-state index contributed by atoms with van der Waals surface area (Å²) < 4.78 is 48.8. The molecular weight excluding hydrogens is 432 g/mol. The third-order valence-electron chi connectivity index (χ3n) is 4.60. The molecule has 10 heteroatoms. The van der Waals surface area contributed by atoms with Crippen LogP contribution >= 0.6 is 0 Å². The Hall–Kier alpha value is -2.46. The molecule has 4 rings (SSSR count). The van der Waals surface area contributed by atoms with E-state index in [1.54, 1.807) is 56.3 Å². The van der Waals surface area contributed by atoms with Gasteiger partial charge in [-0.2, -0.15) is 0 Å². The third kappa shape index (κ3) is 4.45. The first-order chi connectivity index (χ1) is 14.2. The van der Waals surface area contributed by atoms with Gasteiger partial charge in [0, 0.05) is 36.9 Å². The molecule has 0 fully saturated rings. The van der Waals surface area contributed by atoms with E-state index in [1.807, 2.05) is 0 Å². The number of benzene rings is 2. The minimum Gasteiger partial charge on any atom is -0.535 e. The number of amides is 1. The number of fused-ring (bicyclic) bond motifs is 2. The van der Waals surface area contributed by atoms with E-state index in [4.69, 9.17) is 4.42 Å². The number of hydrogen-bond donors (Lipinski definition) is 0. The van der Waals surface area contributed by atoms with Gasteiger partial charge in [-0.25, -0.2) is 12.8 Å². The van der Waals surface area contributed by atoms with Gasteiger partial charge in [0.15, 0.2) is 5.76 Å². The van der Waals surface area contributed by atoms with Crippen LogP contribution in [-0.4, -0.2) is 33.4 Å². The molecular formula is C21H17FN3NaO4S. The Kier molecular flexibility index (Phi) is 6.43. The standard InChI is InChI=1S/C21H18FN3O4S.Na/c1-12-7-8-13-5-4-6-19(20(13)23-12)30(27,28)24-21(26)18-11-15-16(22)9-14(25(2)3)10-17(15)29-18;/h4-11H,1-3H3,(H,24,26);/q;+1/p-1. The van der Waals surface area contributed by atoms with E-state index < -0.39 is 21.7 Å². The third-order valence-corrected chi connectivity index (χ3v) is 5.89. The zero-order chi connectivity index (χ0) is 21.6. The van der Waals surface area contributed by atoms with Crippen LogP contribution in [0.15, 0.2) is 57.8 Å². The summed E-state index contributed by atoms with van der Waals surface area (Å²) in [6, 6.07) is 12.1. The molecule has 0 atom stereocenters. The van der Waals surface area contributed by atoms with Gasteiger partial charge in [-0.05, 0) is 31.2 Å². The Morgan fingerprint density at radius 3 is 2.58 bits per heavy atom. The van der Waals surface area contributed by atoms with Crippen LogP contribution in [-0.2, 0) is 10.0 Å². The Bertz CT molecular complexity index is 1420. The molecule has 0 aliphatic rings. The molecule has 1 amide bonds. The van der Waals surface area contributed by atoms with E-state index >= 15 is 0 Å². The summed E-state index contributed by atoms with van der Waals surface area (Å²) in [6.45, 7) is 1.73. The van der Waals surface area contributed by atoms with Gasteiger partial charge in [0.25, 0.3) is 0 Å². The number of nitrogens with zero attached hydrogens (tertiary/aromatic N) is 3. The normalized spacial score (nSPS) is 11.4. The van der Waals surface area contributed by atoms with E-state index in [2.05, 4.69) is 9.71 Å². The summed E-state index contributed by atoms with van der Waals surface area (Å²) in [5.74, 6) is -2.08. The zero-order valence-corrected chi connectivity index (χ0v) is 20.2. The van der Waals surface area contributed by atoms with Crippen LogP contribution in [0.25, 0.3) is 26.6 Å². The van der Waals surface area contributed by atoms with E-state index in [0.717, 1.165) is 6.07 Å². The number of hydrogen-bond acceptors (Lipinski definition) is 6. The van der Waals surface area contributed by atoms with Gasteiger partial charge in [-0.3, -0.25) is 4.98 Å². The van der Waals surface area contributed by atoms with Gasteiger partial charge in [0.05, 0.1) is 15.8 Å². The average Bonchev–Trinajstić information content (AvgIpc) is 3.12. The SMILES string of the molecule is Cc1ccc2cccc(S(=O)(=O)[N-]C(=O)c3cc4c(F)cc(N(C)C)cc4o3)c2n1.[Na+]. The summed E-state index contributed by atoms with van der Waals surface area (Å²) in [4.78, 5) is 18.3. The molecule has 0 spiro atoms. The van der Waals surface area contributed by atoms with Crippen LogP contribution in [0.5, 0.6) is 0 Å². The second-order valence-corrected chi connectivity index (χ2v) is 8.57. The molecule has 31 heavy (non-hydrogen) atoms. The largest absolute Gasteiger partial charge is 1.00 e. The van der Waals surface area contributed by atoms with Crippen molar-refractivity contribution >= 4 is 43.5 Å². The fourth-order valence-corrected chi connectivity index (χ4v) is 4.14. The van der Waals surface area contributed by atoms with Crippen molar-refractivity contribution in [1.82, 2.24) is 4.98 Å². The zero-order valence-electron chi connectivity index (χ0n) is 17.4. The van der Waals surface area contributed by atoms with Crippen LogP contribution in [0.1, 0.15) is 16.2 Å². The summed E-state index contributed by atoms with van der Waals surface area (Å²) in [5.41, 5.74) is 1.51. The number of halogens is 1. The molecule has 4 aromatic rings. The summed E-state index contributed by atoms with van der Waals surface area (Å²) in [6.07, 6.45) is 0. The molecule has 2 aromatic heterocycles. The Morgan fingerprint density at radius 1 is 1.13 bits per heavy atom. The summed E-state index contributed by atoms with van der Waals surface area (Å²) in [5, 5.41) is 0.672. The van der Waals surface area contributed by atoms with Crippen LogP contribution in [0, 0.1) is 12.7 Å². The molecule has 0 saturated heterocycles. The van der Waals surface area contributed by atoms with Crippen LogP contribution in [0.2, 0.25) is 0 Å². The predicted molar refractivity (Wildman–Crippen MR) is 112 cm³/mol. The smallest absolute Gasteiger partial charge is 0.535 e. The summed E-state index contributed by atoms with van der Waals surface area (Å²) in [7, 11) is -0.902. The second kappa shape index (κ2) is 8.58. The number of aryl methyl sites for hydroxylation is 1. The molecule has 0 bridgehead atoms. The van der Waals surface area contributed by atoms with E-state index in [1.165, 1.54) is 12.1 Å². The van der Waals surface area contributed by atoms with Gasteiger partial charge in [-0.1, -0.05) is 18.2 Å². The molecule has 2 heterocycles. The predicted octanol–water partition coefficient (Wildman–Crippen LogP) is 1.40. The number of pyridine rings is 1. The van der Waals surface area contributed by atoms with Gasteiger partial charge >= 0.3 is 29.6 Å². The van der Waals surface area contributed by atoms with Gasteiger partial charge in [0.1, 0.15) is 27.3 Å². The molecule has 0 radical (unpaired) electrons. The minimum absolute atomic E-state index is 0. The molecule has 0 aliphatic carbocycles. The van der Waals surface area contributed by atoms with E-state index in [9.17, 15) is 17.6 Å². The monoisotopic (exact) mass is 449 g/mol. The number of carbonyl (C=O) groups is 1. The van der Waals surface area contributed by atoms with Gasteiger partial charge in [0.2, 0.25) is 0 Å². The number of para-hydroxylation sites is 1. The maximum Gasteiger partial charge on any atom is 1.00 e. The van der Waals surface area contributed by atoms with Gasteiger partial charge < -0.3 is 18.8 Å². The van der Waals surface area contributed by atoms with Crippen molar-refractivity contribution in [3.63, 3.8) is 0 Å². The topological polar surface area (TPSA) is 94.6 Å². The van der Waals surface area contributed by atoms with Crippen LogP contribution in [0.3, 0.4) is 0 Å². The van der Waals surface area contributed by atoms with Crippen molar-refractivity contribution in [2.45, 2.75) is 11.8 Å². The fraction of sp³-hybridized carbons (Fsp3) is 0.143. The average molecular weight is 449 g/mol. The first kappa shape index (κ1) is 23.2. The molecule has 2 aromatic carbocycles. The number of aromatic nitrogens is 1. The van der Waals surface area contributed by atoms with Crippen molar-refractivity contribution in [3.05, 3.63) is 70.5 Å². The second-order valence-electron chi connectivity index (χ2n) is 7.00. The number of furan rings is 1. The van der Waals surface area contributed by atoms with Gasteiger partial charge in [-0.15, -0.1) is 0 Å². The van der Waals surface area contributed by atoms with Crippen molar-refractivity contribution < 1.29 is 51.6 Å². The molecule has 0 unspecified atom stereocenters. The Labute approximate surface area is 200 Å². The summed E-state index contributed by atoms with van der Waals surface area (Å²) >= 11 is 0. The van der Waals surface area contributed by atoms with Crippen molar-refractivity contribution in [1.29, 1.82) is 0 Å². The van der Waals surface area contributed by atoms with E-state index in [0.29, 0.717) is 16.8 Å². The number of carbonyl (C=O) groups excluding carboxylic acids is 1. The van der Waals surface area contributed by atoms with Crippen molar-refractivity contribution in [2.75, 3.05) is 19.0 Å². The molecule has 7 nitrogen and oxygen atoms in total. The van der Waals surface area contributed by atoms with E-state index in [-0.39, 0.29) is 56.7 Å².